The standard InChI is InChI=1S/C14H13BrFN3OS/c15-7-1-3-9(10(16)5-7)13(20)19-14-18-11-4-2-8(17)6-12(11)21-14/h1,3,5,8H,2,4,6,17H2,(H,18,19,20)/t8-/m0/s1. The molecule has 1 aromatic carbocycles. The number of carbonyl (C=O) groups is 1. The molecule has 7 heteroatoms. The van der Waals surface area contributed by atoms with E-state index in [0.29, 0.717) is 9.60 Å². The van der Waals surface area contributed by atoms with Crippen LogP contribution in [0.2, 0.25) is 0 Å². The van der Waals surface area contributed by atoms with Gasteiger partial charge in [0.05, 0.1) is 11.3 Å². The zero-order chi connectivity index (χ0) is 15.0. The van der Waals surface area contributed by atoms with Gasteiger partial charge in [-0.05, 0) is 37.5 Å². The Hall–Kier alpha value is -1.31. The molecule has 2 aromatic rings. The molecule has 0 unspecified atom stereocenters. The number of nitrogens with two attached hydrogens (primary N) is 1. The van der Waals surface area contributed by atoms with Crippen LogP contribution in [0.15, 0.2) is 22.7 Å². The molecule has 0 spiro atoms. The highest BCUT2D eigenvalue weighted by atomic mass is 79.9. The molecule has 1 amide bonds. The molecule has 0 saturated carbocycles. The summed E-state index contributed by atoms with van der Waals surface area (Å²) in [6, 6.07) is 4.49. The van der Waals surface area contributed by atoms with Crippen molar-refractivity contribution in [1.29, 1.82) is 0 Å². The fourth-order valence-electron chi connectivity index (χ4n) is 2.29. The molecule has 0 bridgehead atoms. The van der Waals surface area contributed by atoms with E-state index in [1.807, 2.05) is 0 Å². The number of nitrogens with one attached hydrogen (secondary N) is 1. The van der Waals surface area contributed by atoms with E-state index in [1.165, 1.54) is 23.5 Å². The summed E-state index contributed by atoms with van der Waals surface area (Å²) >= 11 is 4.58. The summed E-state index contributed by atoms with van der Waals surface area (Å²) in [5.74, 6) is -1.05. The number of anilines is 1. The second-order valence-corrected chi connectivity index (χ2v) is 6.97. The summed E-state index contributed by atoms with van der Waals surface area (Å²) in [6.45, 7) is 0. The number of halogens is 2. The Balaban J connectivity index is 1.79. The lowest BCUT2D eigenvalue weighted by molar-refractivity contribution is 0.102. The third kappa shape index (κ3) is 3.14. The molecule has 3 rings (SSSR count). The van der Waals surface area contributed by atoms with Crippen LogP contribution in [0.4, 0.5) is 9.52 Å². The molecule has 0 fully saturated rings. The van der Waals surface area contributed by atoms with E-state index in [9.17, 15) is 9.18 Å². The van der Waals surface area contributed by atoms with Gasteiger partial charge < -0.3 is 5.73 Å². The Morgan fingerprint density at radius 2 is 2.33 bits per heavy atom. The molecule has 3 N–H and O–H groups in total. The molecule has 0 aliphatic heterocycles. The molecule has 0 radical (unpaired) electrons. The summed E-state index contributed by atoms with van der Waals surface area (Å²) in [7, 11) is 0. The van der Waals surface area contributed by atoms with Gasteiger partial charge in [-0.15, -0.1) is 11.3 Å². The lowest BCUT2D eigenvalue weighted by atomic mass is 9.99. The molecule has 1 heterocycles. The van der Waals surface area contributed by atoms with E-state index in [1.54, 1.807) is 6.07 Å². The number of hydrogen-bond donors (Lipinski definition) is 2. The van der Waals surface area contributed by atoms with Crippen LogP contribution < -0.4 is 11.1 Å². The highest BCUT2D eigenvalue weighted by molar-refractivity contribution is 9.10. The van der Waals surface area contributed by atoms with E-state index in [2.05, 4.69) is 26.2 Å². The van der Waals surface area contributed by atoms with E-state index in [0.717, 1.165) is 29.8 Å². The SMILES string of the molecule is N[C@H]1CCc2nc(NC(=O)c3ccc(Br)cc3F)sc2C1. The smallest absolute Gasteiger partial charge is 0.260 e. The van der Waals surface area contributed by atoms with Crippen LogP contribution in [0, 0.1) is 5.82 Å². The van der Waals surface area contributed by atoms with E-state index in [-0.39, 0.29) is 11.6 Å². The Bertz CT molecular complexity index is 704. The van der Waals surface area contributed by atoms with Crippen LogP contribution in [0.3, 0.4) is 0 Å². The number of nitrogens with zero attached hydrogens (tertiary/aromatic N) is 1. The van der Waals surface area contributed by atoms with Crippen molar-refractivity contribution in [2.75, 3.05) is 5.32 Å². The van der Waals surface area contributed by atoms with Gasteiger partial charge in [0, 0.05) is 15.4 Å². The average Bonchev–Trinajstić information content (AvgIpc) is 2.79. The van der Waals surface area contributed by atoms with E-state index >= 15 is 0 Å². The predicted molar refractivity (Wildman–Crippen MR) is 84.2 cm³/mol. The number of aromatic nitrogens is 1. The van der Waals surface area contributed by atoms with Gasteiger partial charge >= 0.3 is 0 Å². The number of benzene rings is 1. The number of thiazole rings is 1. The minimum absolute atomic E-state index is 0.00285. The van der Waals surface area contributed by atoms with Crippen molar-refractivity contribution < 1.29 is 9.18 Å². The van der Waals surface area contributed by atoms with Gasteiger partial charge in [-0.2, -0.15) is 0 Å². The minimum Gasteiger partial charge on any atom is -0.327 e. The fourth-order valence-corrected chi connectivity index (χ4v) is 3.72. The largest absolute Gasteiger partial charge is 0.327 e. The quantitative estimate of drug-likeness (QED) is 0.854. The van der Waals surface area contributed by atoms with Crippen molar-refractivity contribution in [3.05, 3.63) is 44.6 Å². The molecule has 1 aliphatic carbocycles. The van der Waals surface area contributed by atoms with Gasteiger partial charge in [0.15, 0.2) is 5.13 Å². The second kappa shape index (κ2) is 5.82. The maximum absolute atomic E-state index is 13.8. The maximum Gasteiger partial charge on any atom is 0.260 e. The highest BCUT2D eigenvalue weighted by Crippen LogP contribution is 2.29. The normalized spacial score (nSPS) is 17.4. The van der Waals surface area contributed by atoms with Gasteiger partial charge in [0.2, 0.25) is 0 Å². The molecule has 0 saturated heterocycles. The van der Waals surface area contributed by atoms with E-state index < -0.39 is 11.7 Å². The summed E-state index contributed by atoms with van der Waals surface area (Å²) in [6.07, 6.45) is 2.52. The molecule has 21 heavy (non-hydrogen) atoms. The summed E-state index contributed by atoms with van der Waals surface area (Å²) in [5, 5.41) is 3.16. The molecular weight excluding hydrogens is 357 g/mol. The number of fused-ring (bicyclic) bond motifs is 1. The van der Waals surface area contributed by atoms with Crippen LogP contribution in [-0.4, -0.2) is 16.9 Å². The second-order valence-electron chi connectivity index (χ2n) is 4.97. The number of aryl methyl sites for hydroxylation is 1. The van der Waals surface area contributed by atoms with Crippen molar-refractivity contribution in [3.8, 4) is 0 Å². The zero-order valence-corrected chi connectivity index (χ0v) is 13.4. The third-order valence-electron chi connectivity index (χ3n) is 3.37. The molecule has 1 aliphatic rings. The van der Waals surface area contributed by atoms with Crippen LogP contribution in [0.5, 0.6) is 0 Å². The molecule has 1 atom stereocenters. The first-order valence-corrected chi connectivity index (χ1v) is 8.14. The molecule has 110 valence electrons. The van der Waals surface area contributed by atoms with Crippen LogP contribution in [0.25, 0.3) is 0 Å². The number of carbonyl (C=O) groups excluding carboxylic acids is 1. The topological polar surface area (TPSA) is 68.0 Å². The number of hydrogen-bond acceptors (Lipinski definition) is 4. The van der Waals surface area contributed by atoms with Crippen molar-refractivity contribution in [2.24, 2.45) is 5.73 Å². The summed E-state index contributed by atoms with van der Waals surface area (Å²) < 4.78 is 14.4. The first-order chi connectivity index (χ1) is 10.0. The third-order valence-corrected chi connectivity index (χ3v) is 4.90. The first kappa shape index (κ1) is 14.6. The fraction of sp³-hybridized carbons (Fsp3) is 0.286. The number of amides is 1. The van der Waals surface area contributed by atoms with Crippen LogP contribution in [-0.2, 0) is 12.8 Å². The van der Waals surface area contributed by atoms with E-state index in [4.69, 9.17) is 5.73 Å². The summed E-state index contributed by atoms with van der Waals surface area (Å²) in [4.78, 5) is 17.6. The van der Waals surface area contributed by atoms with Crippen molar-refractivity contribution in [1.82, 2.24) is 4.98 Å². The number of rotatable bonds is 2. The maximum atomic E-state index is 13.8. The van der Waals surface area contributed by atoms with Crippen molar-refractivity contribution in [3.63, 3.8) is 0 Å². The van der Waals surface area contributed by atoms with Crippen LogP contribution in [0.1, 0.15) is 27.3 Å². The predicted octanol–water partition coefficient (Wildman–Crippen LogP) is 3.11. The lowest BCUT2D eigenvalue weighted by Crippen LogP contribution is -2.27. The lowest BCUT2D eigenvalue weighted by Gasteiger charge is -2.15. The Morgan fingerprint density at radius 1 is 1.52 bits per heavy atom. The minimum atomic E-state index is -0.565. The Morgan fingerprint density at radius 3 is 3.10 bits per heavy atom. The van der Waals surface area contributed by atoms with Crippen molar-refractivity contribution in [2.45, 2.75) is 25.3 Å². The summed E-state index contributed by atoms with van der Waals surface area (Å²) in [5.41, 5.74) is 6.92. The molecular formula is C14H13BrFN3OS. The van der Waals surface area contributed by atoms with Gasteiger partial charge in [0.25, 0.3) is 5.91 Å². The van der Waals surface area contributed by atoms with Crippen LogP contribution >= 0.6 is 27.3 Å². The molecule has 4 nitrogen and oxygen atoms in total. The molecule has 1 aromatic heterocycles. The zero-order valence-electron chi connectivity index (χ0n) is 11.0. The van der Waals surface area contributed by atoms with Gasteiger partial charge in [-0.25, -0.2) is 9.37 Å². The Kier molecular flexibility index (Phi) is 4.05. The van der Waals surface area contributed by atoms with Crippen molar-refractivity contribution >= 4 is 38.3 Å². The monoisotopic (exact) mass is 369 g/mol. The Labute approximate surface area is 133 Å². The van der Waals surface area contributed by atoms with Gasteiger partial charge in [-0.3, -0.25) is 10.1 Å². The highest BCUT2D eigenvalue weighted by Gasteiger charge is 2.21. The van der Waals surface area contributed by atoms with Gasteiger partial charge in [-0.1, -0.05) is 15.9 Å². The first-order valence-electron chi connectivity index (χ1n) is 6.53. The van der Waals surface area contributed by atoms with Gasteiger partial charge in [0.1, 0.15) is 5.82 Å². The average molecular weight is 370 g/mol.